The molecule has 5 rings (SSSR count). The third-order valence-corrected chi connectivity index (χ3v) is 12.2. The summed E-state index contributed by atoms with van der Waals surface area (Å²) in [5, 5.41) is 31.8. The third kappa shape index (κ3) is 3.87. The zero-order chi connectivity index (χ0) is 24.3. The molecular formula is C29H49NO4. The smallest absolute Gasteiger partial charge is 0.320 e. The molecule has 0 spiro atoms. The van der Waals surface area contributed by atoms with Crippen molar-refractivity contribution in [3.63, 3.8) is 0 Å². The minimum Gasteiger partial charge on any atom is -0.480 e. The Balaban J connectivity index is 1.29. The molecule has 4 aliphatic carbocycles. The highest BCUT2D eigenvalue weighted by atomic mass is 16.4. The van der Waals surface area contributed by atoms with Crippen LogP contribution < -0.4 is 0 Å². The molecule has 0 aromatic carbocycles. The lowest BCUT2D eigenvalue weighted by Crippen LogP contribution is -2.62. The van der Waals surface area contributed by atoms with E-state index in [0.717, 1.165) is 58.0 Å². The molecule has 3 N–H and O–H groups in total. The molecule has 34 heavy (non-hydrogen) atoms. The van der Waals surface area contributed by atoms with Gasteiger partial charge in [-0.15, -0.1) is 0 Å². The second kappa shape index (κ2) is 9.34. The van der Waals surface area contributed by atoms with Crippen LogP contribution in [0.4, 0.5) is 0 Å². The lowest BCUT2D eigenvalue weighted by Gasteiger charge is -2.64. The fourth-order valence-corrected chi connectivity index (χ4v) is 10.5. The van der Waals surface area contributed by atoms with Crippen molar-refractivity contribution in [1.82, 2.24) is 4.90 Å². The summed E-state index contributed by atoms with van der Waals surface area (Å²) in [4.78, 5) is 13.7. The number of carboxylic acid groups (broad SMARTS) is 1. The molecule has 0 bridgehead atoms. The van der Waals surface area contributed by atoms with Gasteiger partial charge in [0.1, 0.15) is 6.04 Å². The van der Waals surface area contributed by atoms with Crippen LogP contribution in [-0.4, -0.2) is 57.5 Å². The number of likely N-dealkylation sites (tertiary alicyclic amines) is 1. The van der Waals surface area contributed by atoms with E-state index in [2.05, 4.69) is 25.7 Å². The highest BCUT2D eigenvalue weighted by molar-refractivity contribution is 5.73. The fraction of sp³-hybridized carbons (Fsp3) is 0.966. The first-order valence-corrected chi connectivity index (χ1v) is 14.5. The van der Waals surface area contributed by atoms with Gasteiger partial charge in [-0.3, -0.25) is 9.69 Å². The maximum absolute atomic E-state index is 11.8. The summed E-state index contributed by atoms with van der Waals surface area (Å²) >= 11 is 0. The van der Waals surface area contributed by atoms with Gasteiger partial charge in [0.2, 0.25) is 0 Å². The molecule has 0 aromatic rings. The van der Waals surface area contributed by atoms with Crippen molar-refractivity contribution in [1.29, 1.82) is 0 Å². The van der Waals surface area contributed by atoms with Crippen LogP contribution in [0.15, 0.2) is 0 Å². The average molecular weight is 476 g/mol. The van der Waals surface area contributed by atoms with Crippen LogP contribution >= 0.6 is 0 Å². The maximum Gasteiger partial charge on any atom is 0.320 e. The van der Waals surface area contributed by atoms with Crippen molar-refractivity contribution >= 4 is 5.97 Å². The Labute approximate surface area is 206 Å². The van der Waals surface area contributed by atoms with E-state index in [1.54, 1.807) is 0 Å². The van der Waals surface area contributed by atoms with E-state index < -0.39 is 5.97 Å². The van der Waals surface area contributed by atoms with Gasteiger partial charge in [-0.2, -0.15) is 0 Å². The average Bonchev–Trinajstić information content (AvgIpc) is 3.40. The summed E-state index contributed by atoms with van der Waals surface area (Å²) in [5.41, 5.74) is 0.583. The number of carbonyl (C=O) groups is 1. The molecule has 1 saturated heterocycles. The Bertz CT molecular complexity index is 758. The van der Waals surface area contributed by atoms with E-state index in [1.807, 2.05) is 0 Å². The number of aliphatic hydroxyl groups excluding tert-OH is 2. The van der Waals surface area contributed by atoms with Gasteiger partial charge in [0.15, 0.2) is 0 Å². The fourth-order valence-electron chi connectivity index (χ4n) is 10.5. The number of nitrogens with zero attached hydrogens (tertiary/aromatic N) is 1. The van der Waals surface area contributed by atoms with Crippen LogP contribution in [0.5, 0.6) is 0 Å². The molecule has 0 aromatic heterocycles. The van der Waals surface area contributed by atoms with E-state index in [4.69, 9.17) is 0 Å². The SMILES string of the molecule is CC[C@H]1[C@@H](O)[C@@H]2[C@H](CC[C@]3(C)[C@@H](CCCN4CCC[C@@H]4C(=O)O)CC[C@@H]23)[C@@]2(C)CC[C@@H](O)C[C@@H]12. The Morgan fingerprint density at radius 3 is 2.44 bits per heavy atom. The van der Waals surface area contributed by atoms with Crippen molar-refractivity contribution in [2.75, 3.05) is 13.1 Å². The minimum atomic E-state index is -0.650. The van der Waals surface area contributed by atoms with Gasteiger partial charge in [-0.25, -0.2) is 0 Å². The standard InChI is InChI=1S/C29H49NO4/c1-4-20-23-17-19(31)11-13-29(23,3)22-12-14-28(2)18(9-10-21(28)25(22)26(20)32)7-5-15-30-16-6-8-24(30)27(33)34/h18-26,31-32H,4-17H2,1-3H3,(H,33,34)/t18-,19+,20+,21-,22-,23-,24+,25-,26+,28+,29+/m0/s1. The summed E-state index contributed by atoms with van der Waals surface area (Å²) in [5.74, 6) is 2.47. The molecule has 0 radical (unpaired) electrons. The van der Waals surface area contributed by atoms with E-state index in [-0.39, 0.29) is 23.7 Å². The summed E-state index contributed by atoms with van der Waals surface area (Å²) in [6.45, 7) is 9.15. The second-order valence-electron chi connectivity index (χ2n) is 13.4. The maximum atomic E-state index is 11.8. The quantitative estimate of drug-likeness (QED) is 0.507. The van der Waals surface area contributed by atoms with Crippen molar-refractivity contribution < 1.29 is 20.1 Å². The second-order valence-corrected chi connectivity index (χ2v) is 13.4. The number of aliphatic carboxylic acids is 1. The van der Waals surface area contributed by atoms with Crippen LogP contribution in [0.2, 0.25) is 0 Å². The van der Waals surface area contributed by atoms with Gasteiger partial charge < -0.3 is 15.3 Å². The molecule has 5 fully saturated rings. The normalized spacial score (nSPS) is 51.0. The molecule has 5 aliphatic rings. The van der Waals surface area contributed by atoms with Crippen molar-refractivity contribution in [3.05, 3.63) is 0 Å². The van der Waals surface area contributed by atoms with Crippen molar-refractivity contribution in [2.24, 2.45) is 46.3 Å². The first-order chi connectivity index (χ1) is 16.2. The topological polar surface area (TPSA) is 81.0 Å². The molecule has 0 unspecified atom stereocenters. The molecular weight excluding hydrogens is 426 g/mol. The predicted molar refractivity (Wildman–Crippen MR) is 133 cm³/mol. The van der Waals surface area contributed by atoms with Crippen LogP contribution in [0.3, 0.4) is 0 Å². The number of fused-ring (bicyclic) bond motifs is 5. The van der Waals surface area contributed by atoms with Gasteiger partial charge in [0.05, 0.1) is 12.2 Å². The van der Waals surface area contributed by atoms with E-state index >= 15 is 0 Å². The lowest BCUT2D eigenvalue weighted by atomic mass is 9.41. The zero-order valence-corrected chi connectivity index (χ0v) is 21.8. The molecule has 5 nitrogen and oxygen atoms in total. The molecule has 194 valence electrons. The summed E-state index contributed by atoms with van der Waals surface area (Å²) in [7, 11) is 0. The number of hydrogen-bond acceptors (Lipinski definition) is 4. The van der Waals surface area contributed by atoms with Crippen molar-refractivity contribution in [2.45, 2.75) is 116 Å². The Hall–Kier alpha value is -0.650. The van der Waals surface area contributed by atoms with Crippen LogP contribution in [0, 0.1) is 46.3 Å². The molecule has 1 aliphatic heterocycles. The molecule has 0 amide bonds. The highest BCUT2D eigenvalue weighted by Gasteiger charge is 2.64. The minimum absolute atomic E-state index is 0.183. The van der Waals surface area contributed by atoms with Gasteiger partial charge in [0.25, 0.3) is 0 Å². The first-order valence-electron chi connectivity index (χ1n) is 14.5. The van der Waals surface area contributed by atoms with Crippen LogP contribution in [0.25, 0.3) is 0 Å². The van der Waals surface area contributed by atoms with E-state index in [1.165, 1.54) is 32.1 Å². The van der Waals surface area contributed by atoms with Gasteiger partial charge in [-0.1, -0.05) is 27.2 Å². The van der Waals surface area contributed by atoms with E-state index in [0.29, 0.717) is 40.9 Å². The van der Waals surface area contributed by atoms with Gasteiger partial charge in [0, 0.05) is 0 Å². The monoisotopic (exact) mass is 475 g/mol. The summed E-state index contributed by atoms with van der Waals surface area (Å²) in [6, 6.07) is -0.270. The number of rotatable bonds is 6. The Morgan fingerprint density at radius 2 is 1.71 bits per heavy atom. The van der Waals surface area contributed by atoms with Crippen LogP contribution in [0.1, 0.15) is 97.8 Å². The molecule has 11 atom stereocenters. The lowest BCUT2D eigenvalue weighted by molar-refractivity contribution is -0.202. The largest absolute Gasteiger partial charge is 0.480 e. The third-order valence-electron chi connectivity index (χ3n) is 12.2. The molecule has 4 saturated carbocycles. The van der Waals surface area contributed by atoms with Gasteiger partial charge in [-0.05, 0) is 130 Å². The number of hydrogen-bond donors (Lipinski definition) is 3. The van der Waals surface area contributed by atoms with Crippen LogP contribution in [-0.2, 0) is 4.79 Å². The Kier molecular flexibility index (Phi) is 6.87. The molecule has 1 heterocycles. The summed E-state index contributed by atoms with van der Waals surface area (Å²) < 4.78 is 0. The first kappa shape index (κ1) is 25.0. The van der Waals surface area contributed by atoms with E-state index in [9.17, 15) is 20.1 Å². The predicted octanol–water partition coefficient (Wildman–Crippen LogP) is 4.94. The van der Waals surface area contributed by atoms with Gasteiger partial charge >= 0.3 is 5.97 Å². The number of carboxylic acids is 1. The Morgan fingerprint density at radius 1 is 0.971 bits per heavy atom. The zero-order valence-electron chi connectivity index (χ0n) is 21.8. The number of aliphatic hydroxyl groups is 2. The molecule has 5 heteroatoms. The summed E-state index contributed by atoms with van der Waals surface area (Å²) in [6.07, 6.45) is 12.7. The van der Waals surface area contributed by atoms with Crippen molar-refractivity contribution in [3.8, 4) is 0 Å². The highest BCUT2D eigenvalue weighted by Crippen LogP contribution is 2.69.